The van der Waals surface area contributed by atoms with Crippen molar-refractivity contribution in [1.82, 2.24) is 10.2 Å². The van der Waals surface area contributed by atoms with E-state index in [0.717, 1.165) is 30.9 Å². The van der Waals surface area contributed by atoms with Crippen LogP contribution in [0.3, 0.4) is 0 Å². The molecule has 0 radical (unpaired) electrons. The second-order valence-corrected chi connectivity index (χ2v) is 7.86. The molecular weight excluding hydrogens is 346 g/mol. The van der Waals surface area contributed by atoms with Crippen LogP contribution in [-0.2, 0) is 11.2 Å². The van der Waals surface area contributed by atoms with Crippen LogP contribution in [0.4, 0.5) is 0 Å². The first-order chi connectivity index (χ1) is 13.7. The van der Waals surface area contributed by atoms with Gasteiger partial charge in [-0.15, -0.1) is 0 Å². The van der Waals surface area contributed by atoms with Crippen LogP contribution in [0.15, 0.2) is 60.7 Å². The summed E-state index contributed by atoms with van der Waals surface area (Å²) in [5, 5.41) is 2.97. The van der Waals surface area contributed by atoms with Crippen molar-refractivity contribution in [1.29, 1.82) is 0 Å². The molecule has 1 heterocycles. The Hall–Kier alpha value is -2.17. The number of hydrogen-bond acceptors (Lipinski definition) is 3. The van der Waals surface area contributed by atoms with E-state index in [0.29, 0.717) is 6.54 Å². The maximum Gasteiger partial charge on any atom is 0.241 e. The molecule has 4 heteroatoms. The Labute approximate surface area is 169 Å². The monoisotopic (exact) mass is 379 g/mol. The fraction of sp³-hybridized carbons (Fsp3) is 0.458. The Morgan fingerprint density at radius 1 is 1.00 bits per heavy atom. The number of hydrogen-bond donors (Lipinski definition) is 2. The lowest BCUT2D eigenvalue weighted by Gasteiger charge is -2.32. The van der Waals surface area contributed by atoms with Gasteiger partial charge in [0, 0.05) is 6.54 Å². The summed E-state index contributed by atoms with van der Waals surface area (Å²) in [4.78, 5) is 14.7. The van der Waals surface area contributed by atoms with Crippen LogP contribution in [0.5, 0.6) is 0 Å². The standard InChI is InChI=1S/C24H33N3O/c25-23(22-11-5-2-6-12-22)24(28)26-15-7-8-16-27-17-13-21(14-18-27)19-20-9-3-1-4-10-20/h1-6,9-12,21,23H,7-8,13-19,25H2,(H,26,28). The Kier molecular flexibility index (Phi) is 8.07. The molecule has 0 aliphatic carbocycles. The van der Waals surface area contributed by atoms with Crippen LogP contribution in [0.1, 0.15) is 42.9 Å². The zero-order chi connectivity index (χ0) is 19.6. The van der Waals surface area contributed by atoms with Crippen molar-refractivity contribution in [2.45, 2.75) is 38.1 Å². The molecule has 1 amide bonds. The second kappa shape index (κ2) is 11.0. The molecule has 28 heavy (non-hydrogen) atoms. The zero-order valence-electron chi connectivity index (χ0n) is 16.7. The van der Waals surface area contributed by atoms with Crippen LogP contribution in [0, 0.1) is 5.92 Å². The number of carbonyl (C=O) groups excluding carboxylic acids is 1. The third-order valence-corrected chi connectivity index (χ3v) is 5.72. The van der Waals surface area contributed by atoms with E-state index in [-0.39, 0.29) is 5.91 Å². The summed E-state index contributed by atoms with van der Waals surface area (Å²) in [6.45, 7) is 4.22. The molecule has 1 aliphatic rings. The summed E-state index contributed by atoms with van der Waals surface area (Å²) in [5.74, 6) is 0.727. The normalized spacial score (nSPS) is 16.6. The van der Waals surface area contributed by atoms with Gasteiger partial charge in [-0.3, -0.25) is 4.79 Å². The van der Waals surface area contributed by atoms with E-state index < -0.39 is 6.04 Å². The number of unbranched alkanes of at least 4 members (excludes halogenated alkanes) is 1. The van der Waals surface area contributed by atoms with Crippen molar-refractivity contribution in [2.24, 2.45) is 11.7 Å². The van der Waals surface area contributed by atoms with Gasteiger partial charge in [-0.25, -0.2) is 0 Å². The summed E-state index contributed by atoms with van der Waals surface area (Å²) in [7, 11) is 0. The average Bonchev–Trinajstić information content (AvgIpc) is 2.75. The number of nitrogens with one attached hydrogen (secondary N) is 1. The average molecular weight is 380 g/mol. The molecule has 1 fully saturated rings. The number of likely N-dealkylation sites (tertiary alicyclic amines) is 1. The van der Waals surface area contributed by atoms with E-state index in [2.05, 4.69) is 40.5 Å². The van der Waals surface area contributed by atoms with Gasteiger partial charge < -0.3 is 16.0 Å². The molecule has 1 unspecified atom stereocenters. The Bertz CT molecular complexity index is 696. The third kappa shape index (κ3) is 6.47. The fourth-order valence-corrected chi connectivity index (χ4v) is 3.96. The summed E-state index contributed by atoms with van der Waals surface area (Å²) in [5.41, 5.74) is 8.34. The molecule has 0 bridgehead atoms. The molecule has 4 nitrogen and oxygen atoms in total. The summed E-state index contributed by atoms with van der Waals surface area (Å²) >= 11 is 0. The first-order valence-corrected chi connectivity index (χ1v) is 10.6. The van der Waals surface area contributed by atoms with Gasteiger partial charge in [0.1, 0.15) is 6.04 Å². The SMILES string of the molecule is NC(C(=O)NCCCCN1CCC(Cc2ccccc2)CC1)c1ccccc1. The number of benzene rings is 2. The molecule has 2 aromatic rings. The lowest BCUT2D eigenvalue weighted by Crippen LogP contribution is -2.36. The van der Waals surface area contributed by atoms with Crippen molar-refractivity contribution >= 4 is 5.91 Å². The minimum atomic E-state index is -0.579. The van der Waals surface area contributed by atoms with Crippen molar-refractivity contribution in [2.75, 3.05) is 26.2 Å². The maximum absolute atomic E-state index is 12.1. The largest absolute Gasteiger partial charge is 0.354 e. The molecule has 3 N–H and O–H groups in total. The van der Waals surface area contributed by atoms with Gasteiger partial charge >= 0.3 is 0 Å². The van der Waals surface area contributed by atoms with E-state index in [1.54, 1.807) is 0 Å². The van der Waals surface area contributed by atoms with E-state index >= 15 is 0 Å². The molecule has 3 rings (SSSR count). The quantitative estimate of drug-likeness (QED) is 0.655. The van der Waals surface area contributed by atoms with Crippen LogP contribution in [0.2, 0.25) is 0 Å². The van der Waals surface area contributed by atoms with Crippen LogP contribution in [0.25, 0.3) is 0 Å². The molecule has 0 spiro atoms. The number of nitrogens with zero attached hydrogens (tertiary/aromatic N) is 1. The molecule has 1 aliphatic heterocycles. The van der Waals surface area contributed by atoms with Gasteiger partial charge in [0.05, 0.1) is 0 Å². The van der Waals surface area contributed by atoms with E-state index in [1.165, 1.54) is 37.9 Å². The summed E-state index contributed by atoms with van der Waals surface area (Å²) < 4.78 is 0. The lowest BCUT2D eigenvalue weighted by molar-refractivity contribution is -0.122. The molecule has 150 valence electrons. The Morgan fingerprint density at radius 3 is 2.32 bits per heavy atom. The summed E-state index contributed by atoms with van der Waals surface area (Å²) in [6, 6.07) is 19.8. The van der Waals surface area contributed by atoms with Crippen molar-refractivity contribution < 1.29 is 4.79 Å². The highest BCUT2D eigenvalue weighted by Gasteiger charge is 2.19. The van der Waals surface area contributed by atoms with E-state index in [1.807, 2.05) is 30.3 Å². The molecule has 1 saturated heterocycles. The van der Waals surface area contributed by atoms with Gasteiger partial charge in [0.2, 0.25) is 5.91 Å². The fourth-order valence-electron chi connectivity index (χ4n) is 3.96. The van der Waals surface area contributed by atoms with Crippen LogP contribution in [-0.4, -0.2) is 37.0 Å². The molecule has 0 aromatic heterocycles. The van der Waals surface area contributed by atoms with Crippen molar-refractivity contribution in [3.63, 3.8) is 0 Å². The van der Waals surface area contributed by atoms with Crippen LogP contribution >= 0.6 is 0 Å². The van der Waals surface area contributed by atoms with Gasteiger partial charge in [-0.2, -0.15) is 0 Å². The van der Waals surface area contributed by atoms with Gasteiger partial charge in [0.15, 0.2) is 0 Å². The maximum atomic E-state index is 12.1. The molecule has 1 atom stereocenters. The lowest BCUT2D eigenvalue weighted by atomic mass is 9.90. The first-order valence-electron chi connectivity index (χ1n) is 10.6. The predicted octanol–water partition coefficient (Wildman–Crippen LogP) is 3.54. The molecular formula is C24H33N3O. The zero-order valence-corrected chi connectivity index (χ0v) is 16.7. The van der Waals surface area contributed by atoms with Crippen molar-refractivity contribution in [3.8, 4) is 0 Å². The molecule has 2 aromatic carbocycles. The van der Waals surface area contributed by atoms with E-state index in [9.17, 15) is 4.79 Å². The van der Waals surface area contributed by atoms with Gasteiger partial charge in [-0.05, 0) is 68.8 Å². The highest BCUT2D eigenvalue weighted by molar-refractivity contribution is 5.82. The number of rotatable bonds is 9. The van der Waals surface area contributed by atoms with Gasteiger partial charge in [0.25, 0.3) is 0 Å². The molecule has 0 saturated carbocycles. The topological polar surface area (TPSA) is 58.4 Å². The number of nitrogens with two attached hydrogens (primary N) is 1. The highest BCUT2D eigenvalue weighted by Crippen LogP contribution is 2.21. The van der Waals surface area contributed by atoms with Crippen molar-refractivity contribution in [3.05, 3.63) is 71.8 Å². The smallest absolute Gasteiger partial charge is 0.241 e. The first kappa shape index (κ1) is 20.6. The minimum absolute atomic E-state index is 0.0899. The highest BCUT2D eigenvalue weighted by atomic mass is 16.2. The summed E-state index contributed by atoms with van der Waals surface area (Å²) in [6.07, 6.45) is 5.90. The van der Waals surface area contributed by atoms with Crippen LogP contribution < -0.4 is 11.1 Å². The number of piperidine rings is 1. The second-order valence-electron chi connectivity index (χ2n) is 7.86. The Morgan fingerprint density at radius 2 is 1.64 bits per heavy atom. The third-order valence-electron chi connectivity index (χ3n) is 5.72. The van der Waals surface area contributed by atoms with E-state index in [4.69, 9.17) is 5.73 Å². The predicted molar refractivity (Wildman–Crippen MR) is 115 cm³/mol. The van der Waals surface area contributed by atoms with Gasteiger partial charge in [-0.1, -0.05) is 60.7 Å². The number of carbonyl (C=O) groups is 1. The minimum Gasteiger partial charge on any atom is -0.354 e. The Balaban J connectivity index is 1.26. The number of amides is 1.